The number of hydrogen-bond acceptors (Lipinski definition) is 4. The minimum atomic E-state index is 0.0300. The summed E-state index contributed by atoms with van der Waals surface area (Å²) in [5.41, 5.74) is 0.649. The van der Waals surface area contributed by atoms with E-state index >= 15 is 0 Å². The van der Waals surface area contributed by atoms with E-state index in [0.717, 1.165) is 0 Å². The molecule has 0 fully saturated rings. The number of ketones is 1. The number of nitrogens with zero attached hydrogens (tertiary/aromatic N) is 2. The fourth-order valence-electron chi connectivity index (χ4n) is 1.31. The molecule has 1 heterocycles. The molecule has 4 heteroatoms. The molecule has 4 nitrogen and oxygen atoms in total. The van der Waals surface area contributed by atoms with Crippen molar-refractivity contribution in [2.24, 2.45) is 0 Å². The van der Waals surface area contributed by atoms with E-state index in [9.17, 15) is 4.79 Å². The Morgan fingerprint density at radius 1 is 1.60 bits per heavy atom. The Morgan fingerprint density at radius 3 is 2.93 bits per heavy atom. The summed E-state index contributed by atoms with van der Waals surface area (Å²) < 4.78 is 4.98. The number of anilines is 1. The lowest BCUT2D eigenvalue weighted by Gasteiger charge is -2.19. The summed E-state index contributed by atoms with van der Waals surface area (Å²) >= 11 is 0. The number of carbonyl (C=O) groups excluding carboxylic acids is 1. The number of rotatable bonds is 5. The van der Waals surface area contributed by atoms with E-state index < -0.39 is 0 Å². The fraction of sp³-hybridized carbons (Fsp3) is 0.455. The highest BCUT2D eigenvalue weighted by molar-refractivity contribution is 5.98. The van der Waals surface area contributed by atoms with Crippen molar-refractivity contribution in [3.8, 4) is 0 Å². The maximum Gasteiger partial charge on any atom is 0.163 e. The van der Waals surface area contributed by atoms with E-state index in [0.29, 0.717) is 24.5 Å². The topological polar surface area (TPSA) is 42.4 Å². The molecule has 1 aromatic rings. The number of Topliss-reactive ketones (excluding diaryl/α,β-unsaturated/α-hetero) is 1. The molecule has 1 aromatic heterocycles. The summed E-state index contributed by atoms with van der Waals surface area (Å²) in [5, 5.41) is 0. The third kappa shape index (κ3) is 3.02. The quantitative estimate of drug-likeness (QED) is 0.685. The van der Waals surface area contributed by atoms with Gasteiger partial charge in [0.2, 0.25) is 0 Å². The molecule has 0 saturated heterocycles. The van der Waals surface area contributed by atoms with Crippen LogP contribution in [0.25, 0.3) is 0 Å². The van der Waals surface area contributed by atoms with Gasteiger partial charge < -0.3 is 9.64 Å². The molecular weight excluding hydrogens is 192 g/mol. The van der Waals surface area contributed by atoms with Crippen LogP contribution < -0.4 is 4.90 Å². The predicted molar refractivity (Wildman–Crippen MR) is 59.4 cm³/mol. The van der Waals surface area contributed by atoms with Gasteiger partial charge in [-0.25, -0.2) is 4.98 Å². The second-order valence-electron chi connectivity index (χ2n) is 3.35. The van der Waals surface area contributed by atoms with Crippen molar-refractivity contribution in [3.05, 3.63) is 23.9 Å². The highest BCUT2D eigenvalue weighted by Crippen LogP contribution is 2.15. The van der Waals surface area contributed by atoms with Gasteiger partial charge in [-0.15, -0.1) is 0 Å². The van der Waals surface area contributed by atoms with E-state index in [-0.39, 0.29) is 5.78 Å². The van der Waals surface area contributed by atoms with Crippen LogP contribution in [-0.4, -0.2) is 38.1 Å². The first kappa shape index (κ1) is 11.7. The first-order valence-electron chi connectivity index (χ1n) is 4.83. The number of methoxy groups -OCH3 is 1. The minimum absolute atomic E-state index is 0.0300. The van der Waals surface area contributed by atoms with Crippen LogP contribution in [0.15, 0.2) is 18.3 Å². The summed E-state index contributed by atoms with van der Waals surface area (Å²) in [7, 11) is 3.55. The number of hydrogen-bond donors (Lipinski definition) is 0. The first-order valence-corrected chi connectivity index (χ1v) is 4.83. The zero-order valence-electron chi connectivity index (χ0n) is 9.36. The maximum absolute atomic E-state index is 11.3. The molecule has 0 aliphatic rings. The lowest BCUT2D eigenvalue weighted by molar-refractivity contribution is 0.101. The Morgan fingerprint density at radius 2 is 2.33 bits per heavy atom. The Bertz CT molecular complexity index is 339. The van der Waals surface area contributed by atoms with Gasteiger partial charge in [-0.1, -0.05) is 0 Å². The molecule has 0 radical (unpaired) electrons. The molecule has 0 unspecified atom stereocenters. The lowest BCUT2D eigenvalue weighted by Crippen LogP contribution is -2.24. The minimum Gasteiger partial charge on any atom is -0.383 e. The second-order valence-corrected chi connectivity index (χ2v) is 3.35. The average molecular weight is 208 g/mol. The number of likely N-dealkylation sites (N-methyl/N-ethyl adjacent to an activating group) is 1. The van der Waals surface area contributed by atoms with Crippen molar-refractivity contribution in [3.63, 3.8) is 0 Å². The molecule has 0 aliphatic heterocycles. The van der Waals surface area contributed by atoms with Crippen LogP contribution in [0.2, 0.25) is 0 Å². The molecular formula is C11H16N2O2. The molecule has 82 valence electrons. The van der Waals surface area contributed by atoms with Gasteiger partial charge in [-0.05, 0) is 19.1 Å². The van der Waals surface area contributed by atoms with Crippen molar-refractivity contribution in [2.75, 3.05) is 32.2 Å². The highest BCUT2D eigenvalue weighted by atomic mass is 16.5. The van der Waals surface area contributed by atoms with Gasteiger partial charge in [0, 0.05) is 26.9 Å². The summed E-state index contributed by atoms with van der Waals surface area (Å²) in [6.07, 6.45) is 1.69. The van der Waals surface area contributed by atoms with Crippen molar-refractivity contribution in [1.82, 2.24) is 4.98 Å². The van der Waals surface area contributed by atoms with Gasteiger partial charge in [0.15, 0.2) is 5.78 Å². The van der Waals surface area contributed by atoms with Crippen LogP contribution in [0, 0.1) is 0 Å². The van der Waals surface area contributed by atoms with Gasteiger partial charge in [-0.3, -0.25) is 4.79 Å². The molecule has 0 bridgehead atoms. The van der Waals surface area contributed by atoms with E-state index in [2.05, 4.69) is 4.98 Å². The van der Waals surface area contributed by atoms with Crippen LogP contribution in [0.3, 0.4) is 0 Å². The fourth-order valence-corrected chi connectivity index (χ4v) is 1.31. The van der Waals surface area contributed by atoms with Crippen molar-refractivity contribution >= 4 is 11.6 Å². The second kappa shape index (κ2) is 5.46. The molecule has 0 aliphatic carbocycles. The van der Waals surface area contributed by atoms with Crippen LogP contribution >= 0.6 is 0 Å². The van der Waals surface area contributed by atoms with E-state index in [4.69, 9.17) is 4.74 Å². The van der Waals surface area contributed by atoms with Crippen LogP contribution in [0.1, 0.15) is 17.3 Å². The van der Waals surface area contributed by atoms with Crippen LogP contribution in [0.4, 0.5) is 5.82 Å². The Labute approximate surface area is 89.9 Å². The summed E-state index contributed by atoms with van der Waals surface area (Å²) in [6.45, 7) is 2.88. The summed E-state index contributed by atoms with van der Waals surface area (Å²) in [6, 6.07) is 3.55. The molecule has 0 atom stereocenters. The maximum atomic E-state index is 11.3. The first-order chi connectivity index (χ1) is 7.16. The molecule has 15 heavy (non-hydrogen) atoms. The van der Waals surface area contributed by atoms with Crippen molar-refractivity contribution < 1.29 is 9.53 Å². The molecule has 0 saturated carbocycles. The highest BCUT2D eigenvalue weighted by Gasteiger charge is 2.11. The molecule has 1 rings (SSSR count). The zero-order chi connectivity index (χ0) is 11.3. The smallest absolute Gasteiger partial charge is 0.163 e. The molecule has 0 amide bonds. The number of pyridine rings is 1. The third-order valence-electron chi connectivity index (χ3n) is 2.16. The Hall–Kier alpha value is -1.42. The number of carbonyl (C=O) groups is 1. The van der Waals surface area contributed by atoms with Gasteiger partial charge in [-0.2, -0.15) is 0 Å². The van der Waals surface area contributed by atoms with Gasteiger partial charge >= 0.3 is 0 Å². The van der Waals surface area contributed by atoms with Crippen LogP contribution in [0.5, 0.6) is 0 Å². The Kier molecular flexibility index (Phi) is 4.24. The van der Waals surface area contributed by atoms with E-state index in [1.165, 1.54) is 0 Å². The van der Waals surface area contributed by atoms with E-state index in [1.54, 1.807) is 32.4 Å². The predicted octanol–water partition coefficient (Wildman–Crippen LogP) is 1.37. The number of ether oxygens (including phenoxy) is 1. The normalized spacial score (nSPS) is 10.1. The standard InChI is InChI=1S/C11H16N2O2/c1-9(14)10-5-4-6-12-11(10)13(2)7-8-15-3/h4-6H,7-8H2,1-3H3. The third-order valence-corrected chi connectivity index (χ3v) is 2.16. The Balaban J connectivity index is 2.87. The van der Waals surface area contributed by atoms with Gasteiger partial charge in [0.25, 0.3) is 0 Å². The largest absolute Gasteiger partial charge is 0.383 e. The monoisotopic (exact) mass is 208 g/mol. The molecule has 0 spiro atoms. The van der Waals surface area contributed by atoms with Crippen molar-refractivity contribution in [1.29, 1.82) is 0 Å². The number of aromatic nitrogens is 1. The van der Waals surface area contributed by atoms with E-state index in [1.807, 2.05) is 11.9 Å². The average Bonchev–Trinajstić information content (AvgIpc) is 2.25. The van der Waals surface area contributed by atoms with Crippen molar-refractivity contribution in [2.45, 2.75) is 6.92 Å². The SMILES string of the molecule is COCCN(C)c1ncccc1C(C)=O. The lowest BCUT2D eigenvalue weighted by atomic mass is 10.2. The zero-order valence-corrected chi connectivity index (χ0v) is 9.36. The molecule has 0 aromatic carbocycles. The molecule has 0 N–H and O–H groups in total. The summed E-state index contributed by atoms with van der Waals surface area (Å²) in [4.78, 5) is 17.5. The van der Waals surface area contributed by atoms with Gasteiger partial charge in [0.1, 0.15) is 5.82 Å². The van der Waals surface area contributed by atoms with Crippen LogP contribution in [-0.2, 0) is 4.74 Å². The van der Waals surface area contributed by atoms with Gasteiger partial charge in [0.05, 0.1) is 12.2 Å². The summed E-state index contributed by atoms with van der Waals surface area (Å²) in [5.74, 6) is 0.740.